The first-order chi connectivity index (χ1) is 19.9. The zero-order valence-electron chi connectivity index (χ0n) is 24.0. The molecular weight excluding hydrogens is 574 g/mol. The Labute approximate surface area is 250 Å². The van der Waals surface area contributed by atoms with E-state index in [2.05, 4.69) is 16.0 Å². The molecule has 11 heteroatoms. The fourth-order valence-corrected chi connectivity index (χ4v) is 8.15. The molecule has 1 spiro atoms. The fourth-order valence-electron chi connectivity index (χ4n) is 8.03. The van der Waals surface area contributed by atoms with Crippen molar-refractivity contribution in [2.24, 2.45) is 16.7 Å². The lowest BCUT2D eigenvalue weighted by atomic mass is 9.39. The predicted molar refractivity (Wildman–Crippen MR) is 152 cm³/mol. The third kappa shape index (κ3) is 6.85. The first kappa shape index (κ1) is 31.4. The van der Waals surface area contributed by atoms with Gasteiger partial charge in [0.25, 0.3) is 5.91 Å². The van der Waals surface area contributed by atoms with Gasteiger partial charge in [0.05, 0.1) is 10.4 Å². The Hall–Kier alpha value is -2.07. The minimum Gasteiger partial charge on any atom is -0.484 e. The molecule has 3 N–H and O–H groups in total. The SMILES string of the molecule is O=C(COc1ccc(Cl)c(F)c1)NC12CC(C(=O)NCC3CNC(C(F)(F)F)CC34CCCCCCCCCC4)(C1)C2. The molecule has 6 rings (SSSR count). The van der Waals surface area contributed by atoms with Gasteiger partial charge in [0.1, 0.15) is 17.6 Å². The number of alkyl halides is 3. The summed E-state index contributed by atoms with van der Waals surface area (Å²) in [7, 11) is 0. The minimum atomic E-state index is -4.28. The maximum Gasteiger partial charge on any atom is 0.403 e. The van der Waals surface area contributed by atoms with Crippen molar-refractivity contribution < 1.29 is 31.9 Å². The number of ether oxygens (including phenoxy) is 1. The summed E-state index contributed by atoms with van der Waals surface area (Å²) >= 11 is 5.67. The smallest absolute Gasteiger partial charge is 0.403 e. The molecule has 0 aromatic heterocycles. The number of carbonyl (C=O) groups is 2. The lowest BCUT2D eigenvalue weighted by Gasteiger charge is -2.69. The molecule has 5 fully saturated rings. The second-order valence-electron chi connectivity index (χ2n) is 13.3. The molecule has 1 heterocycles. The number of hydrogen-bond acceptors (Lipinski definition) is 4. The minimum absolute atomic E-state index is 0.0318. The van der Waals surface area contributed by atoms with Crippen molar-refractivity contribution in [3.05, 3.63) is 29.0 Å². The summed E-state index contributed by atoms with van der Waals surface area (Å²) in [6.07, 6.45) is 7.50. The Kier molecular flexibility index (Phi) is 9.33. The van der Waals surface area contributed by atoms with Crippen LogP contribution < -0.4 is 20.7 Å². The standard InChI is InChI=1S/C31H42ClF4N3O3/c32-23-10-9-22(13-24(23)33)42-17-26(40)39-30-18-29(19-30,20-30)27(41)38-16-21-15-37-25(31(34,35)36)14-28(21)11-7-5-3-1-2-4-6-8-12-28/h9-10,13,21,25,37H,1-8,11-12,14-20H2,(H,38,41)(H,39,40). The molecule has 2 bridgehead atoms. The average molecular weight is 616 g/mol. The molecule has 4 saturated carbocycles. The molecule has 5 aliphatic rings. The first-order valence-electron chi connectivity index (χ1n) is 15.4. The van der Waals surface area contributed by atoms with Gasteiger partial charge >= 0.3 is 6.18 Å². The third-order valence-electron chi connectivity index (χ3n) is 10.3. The van der Waals surface area contributed by atoms with Crippen LogP contribution in [0.4, 0.5) is 17.6 Å². The van der Waals surface area contributed by atoms with Gasteiger partial charge in [-0.1, -0.05) is 63.0 Å². The zero-order chi connectivity index (χ0) is 30.0. The van der Waals surface area contributed by atoms with Gasteiger partial charge in [-0.15, -0.1) is 0 Å². The quantitative estimate of drug-likeness (QED) is 0.308. The highest BCUT2D eigenvalue weighted by Gasteiger charge is 2.72. The van der Waals surface area contributed by atoms with Crippen LogP contribution in [0.3, 0.4) is 0 Å². The summed E-state index contributed by atoms with van der Waals surface area (Å²) in [4.78, 5) is 25.7. The Bertz CT molecular complexity index is 1120. The van der Waals surface area contributed by atoms with Gasteiger partial charge in [0.15, 0.2) is 6.61 Å². The van der Waals surface area contributed by atoms with Crippen LogP contribution in [0.1, 0.15) is 89.9 Å². The monoisotopic (exact) mass is 615 g/mol. The van der Waals surface area contributed by atoms with Crippen LogP contribution in [0.25, 0.3) is 0 Å². The number of rotatable bonds is 7. The largest absolute Gasteiger partial charge is 0.484 e. The van der Waals surface area contributed by atoms with E-state index in [0.717, 1.165) is 57.4 Å². The zero-order valence-corrected chi connectivity index (χ0v) is 24.8. The van der Waals surface area contributed by atoms with E-state index in [9.17, 15) is 27.2 Å². The highest BCUT2D eigenvalue weighted by Crippen LogP contribution is 2.67. The van der Waals surface area contributed by atoms with Crippen LogP contribution in [-0.4, -0.2) is 49.3 Å². The molecule has 4 aliphatic carbocycles. The first-order valence-corrected chi connectivity index (χ1v) is 15.8. The van der Waals surface area contributed by atoms with E-state index in [1.54, 1.807) is 0 Å². The van der Waals surface area contributed by atoms with E-state index in [4.69, 9.17) is 16.3 Å². The predicted octanol–water partition coefficient (Wildman–Crippen LogP) is 6.45. The molecule has 0 radical (unpaired) electrons. The number of carbonyl (C=O) groups excluding carboxylic acids is 2. The summed E-state index contributed by atoms with van der Waals surface area (Å²) in [6, 6.07) is 2.45. The van der Waals surface area contributed by atoms with Gasteiger partial charge in [0, 0.05) is 24.7 Å². The molecule has 2 atom stereocenters. The number of hydrogen-bond donors (Lipinski definition) is 3. The van der Waals surface area contributed by atoms with Crippen molar-refractivity contribution in [3.8, 4) is 5.75 Å². The van der Waals surface area contributed by atoms with Gasteiger partial charge in [-0.2, -0.15) is 13.2 Å². The molecule has 1 aromatic rings. The lowest BCUT2D eigenvalue weighted by molar-refractivity contribution is -0.185. The second-order valence-corrected chi connectivity index (χ2v) is 13.7. The summed E-state index contributed by atoms with van der Waals surface area (Å²) in [5.74, 6) is -0.913. The normalized spacial score (nSPS) is 31.2. The average Bonchev–Trinajstić information content (AvgIpc) is 2.95. The Morgan fingerprint density at radius 1 is 1.00 bits per heavy atom. The van der Waals surface area contributed by atoms with Crippen molar-refractivity contribution in [2.45, 2.75) is 108 Å². The summed E-state index contributed by atoms with van der Waals surface area (Å²) in [6.45, 7) is 0.329. The fraction of sp³-hybridized carbons (Fsp3) is 0.742. The molecule has 6 nitrogen and oxygen atoms in total. The number of benzene rings is 1. The summed E-state index contributed by atoms with van der Waals surface area (Å²) in [5, 5.41) is 8.79. The molecule has 2 amide bonds. The van der Waals surface area contributed by atoms with Crippen LogP contribution >= 0.6 is 11.6 Å². The molecule has 2 unspecified atom stereocenters. The third-order valence-corrected chi connectivity index (χ3v) is 10.6. The summed E-state index contributed by atoms with van der Waals surface area (Å²) < 4.78 is 60.5. The van der Waals surface area contributed by atoms with E-state index >= 15 is 0 Å². The van der Waals surface area contributed by atoms with Crippen LogP contribution in [-0.2, 0) is 9.59 Å². The Morgan fingerprint density at radius 2 is 1.62 bits per heavy atom. The molecule has 234 valence electrons. The van der Waals surface area contributed by atoms with Crippen LogP contribution in [0.15, 0.2) is 18.2 Å². The van der Waals surface area contributed by atoms with Crippen molar-refractivity contribution >= 4 is 23.4 Å². The van der Waals surface area contributed by atoms with Gasteiger partial charge in [-0.25, -0.2) is 4.39 Å². The maximum atomic E-state index is 13.8. The summed E-state index contributed by atoms with van der Waals surface area (Å²) in [5.41, 5.74) is -1.42. The lowest BCUT2D eigenvalue weighted by Crippen LogP contribution is -2.78. The van der Waals surface area contributed by atoms with Crippen LogP contribution in [0.5, 0.6) is 5.75 Å². The van der Waals surface area contributed by atoms with Crippen molar-refractivity contribution in [1.82, 2.24) is 16.0 Å². The highest BCUT2D eigenvalue weighted by molar-refractivity contribution is 6.30. The number of halogens is 5. The highest BCUT2D eigenvalue weighted by atomic mass is 35.5. The van der Waals surface area contributed by atoms with Gasteiger partial charge < -0.3 is 20.7 Å². The molecule has 1 aromatic carbocycles. The number of amides is 2. The van der Waals surface area contributed by atoms with Gasteiger partial charge in [-0.05, 0) is 62.0 Å². The van der Waals surface area contributed by atoms with E-state index in [0.29, 0.717) is 25.8 Å². The topological polar surface area (TPSA) is 79.5 Å². The second kappa shape index (κ2) is 12.5. The van der Waals surface area contributed by atoms with E-state index in [1.807, 2.05) is 0 Å². The van der Waals surface area contributed by atoms with Crippen molar-refractivity contribution in [1.29, 1.82) is 0 Å². The van der Waals surface area contributed by atoms with E-state index in [1.165, 1.54) is 25.0 Å². The van der Waals surface area contributed by atoms with Crippen molar-refractivity contribution in [2.75, 3.05) is 19.7 Å². The maximum absolute atomic E-state index is 13.8. The molecule has 1 aliphatic heterocycles. The van der Waals surface area contributed by atoms with E-state index < -0.39 is 34.4 Å². The molecule has 1 saturated heterocycles. The molecule has 42 heavy (non-hydrogen) atoms. The Balaban J connectivity index is 1.13. The van der Waals surface area contributed by atoms with E-state index in [-0.39, 0.29) is 48.1 Å². The van der Waals surface area contributed by atoms with Crippen LogP contribution in [0, 0.1) is 22.6 Å². The van der Waals surface area contributed by atoms with Crippen molar-refractivity contribution in [3.63, 3.8) is 0 Å². The Morgan fingerprint density at radius 3 is 2.21 bits per heavy atom. The number of nitrogens with one attached hydrogen (secondary N) is 3. The van der Waals surface area contributed by atoms with Crippen LogP contribution in [0.2, 0.25) is 5.02 Å². The van der Waals surface area contributed by atoms with Gasteiger partial charge in [0.2, 0.25) is 5.91 Å². The van der Waals surface area contributed by atoms with Gasteiger partial charge in [-0.3, -0.25) is 9.59 Å². The molecular formula is C31H42ClF4N3O3. The number of piperidine rings is 1.